The Hall–Kier alpha value is -4.42. The predicted molar refractivity (Wildman–Crippen MR) is 176 cm³/mol. The van der Waals surface area contributed by atoms with Gasteiger partial charge in [-0.3, -0.25) is 5.32 Å². The van der Waals surface area contributed by atoms with Crippen LogP contribution in [0.2, 0.25) is 0 Å². The molecule has 0 saturated carbocycles. The maximum absolute atomic E-state index is 13.4. The molecule has 4 aromatic rings. The number of carboxylic acids is 1. The number of anilines is 2. The highest BCUT2D eigenvalue weighted by molar-refractivity contribution is 7.89. The van der Waals surface area contributed by atoms with Crippen LogP contribution in [0.15, 0.2) is 63.9 Å². The van der Waals surface area contributed by atoms with Gasteiger partial charge in [-0.2, -0.15) is 9.40 Å². The molecular formula is C34H41N5O6S. The number of carboxylic acid groups (broad SMARTS) is 1. The summed E-state index contributed by atoms with van der Waals surface area (Å²) in [7, 11) is -4.02. The summed E-state index contributed by atoms with van der Waals surface area (Å²) in [6.45, 7) is 11.7. The molecule has 1 aliphatic heterocycles. The third-order valence-electron chi connectivity index (χ3n) is 8.30. The van der Waals surface area contributed by atoms with Crippen LogP contribution in [0, 0.1) is 26.7 Å². The fraction of sp³-hybridized carbons (Fsp3) is 0.382. The summed E-state index contributed by atoms with van der Waals surface area (Å²) in [6.07, 6.45) is 1.95. The fourth-order valence-corrected chi connectivity index (χ4v) is 7.66. The van der Waals surface area contributed by atoms with E-state index in [1.54, 1.807) is 4.68 Å². The minimum absolute atomic E-state index is 0.0761. The number of piperidine rings is 1. The minimum Gasteiger partial charge on any atom is -0.478 e. The lowest BCUT2D eigenvalue weighted by molar-refractivity contribution is 0.0691. The summed E-state index contributed by atoms with van der Waals surface area (Å²) in [5.74, 6) is -0.384. The quantitative estimate of drug-likeness (QED) is 0.193. The van der Waals surface area contributed by atoms with Crippen molar-refractivity contribution in [2.24, 2.45) is 5.92 Å². The number of sulfonamides is 1. The first-order chi connectivity index (χ1) is 21.6. The third kappa shape index (κ3) is 7.02. The molecule has 0 spiro atoms. The van der Waals surface area contributed by atoms with Crippen molar-refractivity contribution < 1.29 is 27.5 Å². The van der Waals surface area contributed by atoms with Gasteiger partial charge in [-0.1, -0.05) is 50.6 Å². The Morgan fingerprint density at radius 1 is 0.978 bits per heavy atom. The molecule has 0 bridgehead atoms. The van der Waals surface area contributed by atoms with Gasteiger partial charge in [0.15, 0.2) is 0 Å². The van der Waals surface area contributed by atoms with E-state index in [-0.39, 0.29) is 46.4 Å². The molecule has 2 amide bonds. The maximum atomic E-state index is 13.4. The van der Waals surface area contributed by atoms with E-state index in [9.17, 15) is 23.1 Å². The highest BCUT2D eigenvalue weighted by atomic mass is 32.2. The number of hydrogen-bond donors (Lipinski definition) is 3. The Morgan fingerprint density at radius 2 is 1.65 bits per heavy atom. The molecule has 0 radical (unpaired) electrons. The van der Waals surface area contributed by atoms with Crippen LogP contribution in [0.25, 0.3) is 5.69 Å². The second-order valence-corrected chi connectivity index (χ2v) is 14.8. The molecule has 3 N–H and O–H groups in total. The van der Waals surface area contributed by atoms with Crippen molar-refractivity contribution in [2.75, 3.05) is 23.7 Å². The lowest BCUT2D eigenvalue weighted by Crippen LogP contribution is -2.39. The number of amides is 2. The van der Waals surface area contributed by atoms with Gasteiger partial charge in [0.05, 0.1) is 11.4 Å². The summed E-state index contributed by atoms with van der Waals surface area (Å²) in [6, 6.07) is 17.1. The Morgan fingerprint density at radius 3 is 2.28 bits per heavy atom. The number of carbonyl (C=O) groups is 2. The molecule has 0 unspecified atom stereocenters. The number of carbonyl (C=O) groups excluding carboxylic acids is 1. The number of nitrogens with one attached hydrogen (secondary N) is 2. The van der Waals surface area contributed by atoms with E-state index in [0.29, 0.717) is 30.8 Å². The molecule has 2 aromatic heterocycles. The van der Waals surface area contributed by atoms with Gasteiger partial charge in [-0.05, 0) is 75.8 Å². The monoisotopic (exact) mass is 647 g/mol. The van der Waals surface area contributed by atoms with E-state index in [1.165, 1.54) is 18.2 Å². The van der Waals surface area contributed by atoms with E-state index in [1.807, 2.05) is 61.5 Å². The van der Waals surface area contributed by atoms with Gasteiger partial charge in [-0.25, -0.2) is 22.7 Å². The molecule has 1 fully saturated rings. The first kappa shape index (κ1) is 33.0. The van der Waals surface area contributed by atoms with Crippen molar-refractivity contribution >= 4 is 33.5 Å². The van der Waals surface area contributed by atoms with Crippen molar-refractivity contribution in [1.29, 1.82) is 0 Å². The van der Waals surface area contributed by atoms with E-state index in [2.05, 4.69) is 31.4 Å². The lowest BCUT2D eigenvalue weighted by Gasteiger charge is -2.31. The number of hydrogen-bond acceptors (Lipinski definition) is 6. The smallest absolute Gasteiger partial charge is 0.340 e. The number of rotatable bonds is 8. The van der Waals surface area contributed by atoms with E-state index >= 15 is 0 Å². The molecular weight excluding hydrogens is 606 g/mol. The molecule has 1 saturated heterocycles. The zero-order chi connectivity index (χ0) is 33.4. The summed E-state index contributed by atoms with van der Waals surface area (Å²) in [5.41, 5.74) is 3.96. The molecule has 46 heavy (non-hydrogen) atoms. The van der Waals surface area contributed by atoms with Crippen molar-refractivity contribution in [3.05, 3.63) is 88.5 Å². The van der Waals surface area contributed by atoms with Crippen LogP contribution in [-0.4, -0.2) is 52.7 Å². The first-order valence-corrected chi connectivity index (χ1v) is 16.8. The van der Waals surface area contributed by atoms with Crippen LogP contribution in [0.1, 0.15) is 72.3 Å². The molecule has 2 aromatic carbocycles. The second-order valence-electron chi connectivity index (χ2n) is 13.0. The standard InChI is InChI=1S/C34H41N5O6S/c1-21-10-12-27(13-11-21)39-29(20-28(37-39)34(4,5)6)36-33(42)35-26-9-7-8-25(19-26)18-24-14-16-38(17-15-24)46(43,44)31-23(3)45-22(2)30(31)32(40)41/h7-13,19-20,24H,14-18H2,1-6H3,(H,40,41)(H2,35,36,42). The van der Waals surface area contributed by atoms with Gasteiger partial charge < -0.3 is 14.8 Å². The van der Waals surface area contributed by atoms with Gasteiger partial charge in [-0.15, -0.1) is 0 Å². The number of aryl methyl sites for hydroxylation is 3. The Labute approximate surface area is 269 Å². The van der Waals surface area contributed by atoms with E-state index < -0.39 is 22.0 Å². The van der Waals surface area contributed by atoms with E-state index in [0.717, 1.165) is 22.5 Å². The summed E-state index contributed by atoms with van der Waals surface area (Å²) in [4.78, 5) is 24.7. The normalized spacial score (nSPS) is 14.7. The largest absolute Gasteiger partial charge is 0.478 e. The number of urea groups is 1. The van der Waals surface area contributed by atoms with Crippen LogP contribution in [-0.2, 0) is 21.9 Å². The minimum atomic E-state index is -4.02. The SMILES string of the molecule is Cc1ccc(-n2nc(C(C)(C)C)cc2NC(=O)Nc2cccc(CC3CCN(S(=O)(=O)c4c(C)oc(C)c4C(=O)O)CC3)c2)cc1. The molecule has 12 heteroatoms. The summed E-state index contributed by atoms with van der Waals surface area (Å²) in [5, 5.41) is 20.3. The number of aromatic nitrogens is 2. The van der Waals surface area contributed by atoms with Crippen LogP contribution in [0.4, 0.5) is 16.3 Å². The van der Waals surface area contributed by atoms with Gasteiger partial charge >= 0.3 is 12.0 Å². The average molecular weight is 648 g/mol. The average Bonchev–Trinajstić information content (AvgIpc) is 3.54. The predicted octanol–water partition coefficient (Wildman–Crippen LogP) is 6.67. The van der Waals surface area contributed by atoms with Crippen LogP contribution >= 0.6 is 0 Å². The van der Waals surface area contributed by atoms with Crippen molar-refractivity contribution in [3.63, 3.8) is 0 Å². The second kappa shape index (κ2) is 12.8. The number of nitrogens with zero attached hydrogens (tertiary/aromatic N) is 3. The van der Waals surface area contributed by atoms with E-state index in [4.69, 9.17) is 9.52 Å². The summed E-state index contributed by atoms with van der Waals surface area (Å²) >= 11 is 0. The number of benzene rings is 2. The van der Waals surface area contributed by atoms with Gasteiger partial charge in [0.2, 0.25) is 10.0 Å². The molecule has 5 rings (SSSR count). The third-order valence-corrected chi connectivity index (χ3v) is 10.3. The zero-order valence-electron chi connectivity index (χ0n) is 27.0. The molecule has 244 valence electrons. The molecule has 11 nitrogen and oxygen atoms in total. The molecule has 3 heterocycles. The fourth-order valence-electron chi connectivity index (χ4n) is 5.81. The van der Waals surface area contributed by atoms with Crippen LogP contribution in [0.3, 0.4) is 0 Å². The highest BCUT2D eigenvalue weighted by Crippen LogP contribution is 2.33. The maximum Gasteiger partial charge on any atom is 0.340 e. The number of aromatic carboxylic acids is 1. The van der Waals surface area contributed by atoms with Crippen LogP contribution < -0.4 is 10.6 Å². The highest BCUT2D eigenvalue weighted by Gasteiger charge is 2.37. The lowest BCUT2D eigenvalue weighted by atomic mass is 9.91. The Bertz CT molecular complexity index is 1860. The van der Waals surface area contributed by atoms with Crippen molar-refractivity contribution in [3.8, 4) is 5.69 Å². The van der Waals surface area contributed by atoms with Crippen LogP contribution in [0.5, 0.6) is 0 Å². The van der Waals surface area contributed by atoms with Gasteiger partial charge in [0.25, 0.3) is 0 Å². The molecule has 1 aliphatic rings. The summed E-state index contributed by atoms with van der Waals surface area (Å²) < 4.78 is 35.3. The zero-order valence-corrected chi connectivity index (χ0v) is 27.9. The van der Waals surface area contributed by atoms with Crippen molar-refractivity contribution in [1.82, 2.24) is 14.1 Å². The van der Waals surface area contributed by atoms with Crippen molar-refractivity contribution in [2.45, 2.75) is 71.1 Å². The number of furan rings is 1. The van der Waals surface area contributed by atoms with Gasteiger partial charge in [0.1, 0.15) is 27.8 Å². The first-order valence-electron chi connectivity index (χ1n) is 15.3. The topological polar surface area (TPSA) is 147 Å². The Balaban J connectivity index is 1.23. The Kier molecular flexibility index (Phi) is 9.14. The van der Waals surface area contributed by atoms with Gasteiger partial charge in [0, 0.05) is 30.3 Å². The molecule has 0 aliphatic carbocycles. The molecule has 0 atom stereocenters.